The molecule has 1 aliphatic heterocycles. The Hall–Kier alpha value is -2.14. The highest BCUT2D eigenvalue weighted by molar-refractivity contribution is 5.94. The maximum Gasteiger partial charge on any atom is 0.272 e. The van der Waals surface area contributed by atoms with Gasteiger partial charge in [-0.2, -0.15) is 0 Å². The van der Waals surface area contributed by atoms with Gasteiger partial charge in [-0.25, -0.2) is 5.01 Å². The molecule has 0 spiro atoms. The van der Waals surface area contributed by atoms with E-state index in [9.17, 15) is 4.79 Å². The van der Waals surface area contributed by atoms with Gasteiger partial charge in [0.1, 0.15) is 5.76 Å². The zero-order chi connectivity index (χ0) is 14.7. The molecule has 0 aliphatic carbocycles. The summed E-state index contributed by atoms with van der Waals surface area (Å²) >= 11 is 0. The summed E-state index contributed by atoms with van der Waals surface area (Å²) in [5.74, 6) is 0.638. The highest BCUT2D eigenvalue weighted by atomic mass is 16.3. The first-order valence-electron chi connectivity index (χ1n) is 7.26. The second-order valence-electron chi connectivity index (χ2n) is 5.24. The average molecular weight is 285 g/mol. The lowest BCUT2D eigenvalue weighted by Crippen LogP contribution is -2.44. The molecule has 5 heteroatoms. The minimum Gasteiger partial charge on any atom is -0.469 e. The fourth-order valence-electron chi connectivity index (χ4n) is 2.63. The van der Waals surface area contributed by atoms with Crippen LogP contribution >= 0.6 is 0 Å². The average Bonchev–Trinajstić information content (AvgIpc) is 3.16. The minimum absolute atomic E-state index is 0.0196. The minimum atomic E-state index is -0.0196. The first-order chi connectivity index (χ1) is 10.3. The Balaban J connectivity index is 1.85. The van der Waals surface area contributed by atoms with Crippen LogP contribution in [0.5, 0.6) is 0 Å². The Labute approximate surface area is 124 Å². The summed E-state index contributed by atoms with van der Waals surface area (Å²) in [6.07, 6.45) is 5.56. The number of amides is 1. The Morgan fingerprint density at radius 1 is 1.33 bits per heavy atom. The van der Waals surface area contributed by atoms with Crippen LogP contribution in [0.4, 0.5) is 0 Å². The molecule has 3 heterocycles. The lowest BCUT2D eigenvalue weighted by Gasteiger charge is -2.31. The molecule has 2 aromatic rings. The Kier molecular flexibility index (Phi) is 4.01. The third-order valence-electron chi connectivity index (χ3n) is 3.79. The Morgan fingerprint density at radius 3 is 2.76 bits per heavy atom. The second kappa shape index (κ2) is 6.10. The monoisotopic (exact) mass is 285 g/mol. The molecule has 0 atom stereocenters. The van der Waals surface area contributed by atoms with Crippen LogP contribution in [-0.4, -0.2) is 34.0 Å². The van der Waals surface area contributed by atoms with E-state index in [1.54, 1.807) is 23.5 Å². The molecular weight excluding hydrogens is 266 g/mol. The summed E-state index contributed by atoms with van der Waals surface area (Å²) < 4.78 is 5.27. The molecule has 0 radical (unpaired) electrons. The van der Waals surface area contributed by atoms with Crippen LogP contribution < -0.4 is 0 Å². The molecule has 1 amide bonds. The van der Waals surface area contributed by atoms with Crippen LogP contribution in [0.15, 0.2) is 41.1 Å². The van der Waals surface area contributed by atoms with Crippen LogP contribution in [0.2, 0.25) is 0 Å². The summed E-state index contributed by atoms with van der Waals surface area (Å²) in [5, 5.41) is 3.91. The molecule has 0 aromatic carbocycles. The van der Waals surface area contributed by atoms with Crippen LogP contribution in [-0.2, 0) is 6.54 Å². The van der Waals surface area contributed by atoms with Crippen LogP contribution in [0.1, 0.15) is 34.7 Å². The molecule has 3 rings (SSSR count). The SMILES string of the molecule is Cc1occc1C(=O)N(Cc1ccccn1)N1CCCC1. The predicted molar refractivity (Wildman–Crippen MR) is 78.4 cm³/mol. The zero-order valence-corrected chi connectivity index (χ0v) is 12.2. The van der Waals surface area contributed by atoms with Crippen molar-refractivity contribution in [3.63, 3.8) is 0 Å². The molecule has 5 nitrogen and oxygen atoms in total. The van der Waals surface area contributed by atoms with E-state index in [1.807, 2.05) is 25.1 Å². The fourth-order valence-corrected chi connectivity index (χ4v) is 2.63. The van der Waals surface area contributed by atoms with Gasteiger partial charge in [-0.05, 0) is 38.0 Å². The number of aryl methyl sites for hydroxylation is 1. The van der Waals surface area contributed by atoms with E-state index in [1.165, 1.54) is 0 Å². The first-order valence-corrected chi connectivity index (χ1v) is 7.26. The molecule has 1 saturated heterocycles. The molecule has 110 valence electrons. The number of rotatable bonds is 4. The molecule has 0 unspecified atom stereocenters. The summed E-state index contributed by atoms with van der Waals surface area (Å²) in [6, 6.07) is 7.50. The van der Waals surface area contributed by atoms with Gasteiger partial charge in [-0.1, -0.05) is 6.07 Å². The largest absolute Gasteiger partial charge is 0.469 e. The molecule has 21 heavy (non-hydrogen) atoms. The van der Waals surface area contributed by atoms with Crippen LogP contribution in [0.3, 0.4) is 0 Å². The van der Waals surface area contributed by atoms with E-state index in [-0.39, 0.29) is 5.91 Å². The van der Waals surface area contributed by atoms with Crippen LogP contribution in [0, 0.1) is 6.92 Å². The molecular formula is C16H19N3O2. The maximum absolute atomic E-state index is 12.8. The second-order valence-corrected chi connectivity index (χ2v) is 5.24. The van der Waals surface area contributed by atoms with Gasteiger partial charge in [0.2, 0.25) is 0 Å². The molecule has 0 N–H and O–H groups in total. The van der Waals surface area contributed by atoms with E-state index in [0.717, 1.165) is 31.6 Å². The van der Waals surface area contributed by atoms with Crippen molar-refractivity contribution in [1.82, 2.24) is 15.0 Å². The lowest BCUT2D eigenvalue weighted by molar-refractivity contribution is -0.00174. The number of nitrogens with zero attached hydrogens (tertiary/aromatic N) is 3. The summed E-state index contributed by atoms with van der Waals surface area (Å²) in [4.78, 5) is 17.1. The smallest absolute Gasteiger partial charge is 0.272 e. The summed E-state index contributed by atoms with van der Waals surface area (Å²) in [5.41, 5.74) is 1.51. The van der Waals surface area contributed by atoms with Gasteiger partial charge < -0.3 is 4.42 Å². The van der Waals surface area contributed by atoms with Crippen molar-refractivity contribution >= 4 is 5.91 Å². The number of hydrogen-bond acceptors (Lipinski definition) is 4. The number of furan rings is 1. The highest BCUT2D eigenvalue weighted by Gasteiger charge is 2.27. The Bertz CT molecular complexity index is 603. The molecule has 1 fully saturated rings. The van der Waals surface area contributed by atoms with E-state index in [2.05, 4.69) is 9.99 Å². The van der Waals surface area contributed by atoms with Gasteiger partial charge in [0, 0.05) is 19.3 Å². The standard InChI is InChI=1S/C16H19N3O2/c1-13-15(7-11-21-13)16(20)19(18-9-4-5-10-18)12-14-6-2-3-8-17-14/h2-3,6-8,11H,4-5,9-10,12H2,1H3. The fraction of sp³-hybridized carbons (Fsp3) is 0.375. The first kappa shape index (κ1) is 13.8. The number of aromatic nitrogens is 1. The molecule has 0 saturated carbocycles. The normalized spacial score (nSPS) is 15.3. The molecule has 2 aromatic heterocycles. The van der Waals surface area contributed by atoms with Crippen molar-refractivity contribution in [1.29, 1.82) is 0 Å². The Morgan fingerprint density at radius 2 is 2.14 bits per heavy atom. The van der Waals surface area contributed by atoms with Crippen molar-refractivity contribution in [2.75, 3.05) is 13.1 Å². The van der Waals surface area contributed by atoms with E-state index < -0.39 is 0 Å². The summed E-state index contributed by atoms with van der Waals surface area (Å²) in [6.45, 7) is 4.13. The van der Waals surface area contributed by atoms with Crippen molar-refractivity contribution in [3.05, 3.63) is 53.7 Å². The third-order valence-corrected chi connectivity index (χ3v) is 3.79. The molecule has 1 aliphatic rings. The van der Waals surface area contributed by atoms with E-state index in [0.29, 0.717) is 17.9 Å². The molecule has 0 bridgehead atoms. The lowest BCUT2D eigenvalue weighted by atomic mass is 10.2. The van der Waals surface area contributed by atoms with Gasteiger partial charge in [0.15, 0.2) is 0 Å². The van der Waals surface area contributed by atoms with Gasteiger partial charge in [0.25, 0.3) is 5.91 Å². The quantitative estimate of drug-likeness (QED) is 0.866. The van der Waals surface area contributed by atoms with E-state index in [4.69, 9.17) is 4.42 Å². The summed E-state index contributed by atoms with van der Waals surface area (Å²) in [7, 11) is 0. The third kappa shape index (κ3) is 2.97. The highest BCUT2D eigenvalue weighted by Crippen LogP contribution is 2.19. The number of pyridine rings is 1. The van der Waals surface area contributed by atoms with Crippen molar-refractivity contribution in [3.8, 4) is 0 Å². The van der Waals surface area contributed by atoms with Gasteiger partial charge in [-0.3, -0.25) is 14.8 Å². The number of carbonyl (C=O) groups excluding carboxylic acids is 1. The van der Waals surface area contributed by atoms with Crippen LogP contribution in [0.25, 0.3) is 0 Å². The number of hydrogen-bond donors (Lipinski definition) is 0. The zero-order valence-electron chi connectivity index (χ0n) is 12.2. The predicted octanol–water partition coefficient (Wildman–Crippen LogP) is 2.64. The van der Waals surface area contributed by atoms with E-state index >= 15 is 0 Å². The number of hydrazine groups is 1. The topological polar surface area (TPSA) is 49.6 Å². The maximum atomic E-state index is 12.8. The number of carbonyl (C=O) groups is 1. The van der Waals surface area contributed by atoms with Crippen molar-refractivity contribution < 1.29 is 9.21 Å². The van der Waals surface area contributed by atoms with Crippen molar-refractivity contribution in [2.45, 2.75) is 26.3 Å². The van der Waals surface area contributed by atoms with Gasteiger partial charge >= 0.3 is 0 Å². The van der Waals surface area contributed by atoms with Gasteiger partial charge in [0.05, 0.1) is 24.1 Å². The van der Waals surface area contributed by atoms with Crippen molar-refractivity contribution in [2.24, 2.45) is 0 Å². The van der Waals surface area contributed by atoms with Gasteiger partial charge in [-0.15, -0.1) is 0 Å².